The molecule has 2 fully saturated rings. The lowest BCUT2D eigenvalue weighted by molar-refractivity contribution is -0.145. The van der Waals surface area contributed by atoms with Crippen molar-refractivity contribution in [2.75, 3.05) is 13.2 Å². The summed E-state index contributed by atoms with van der Waals surface area (Å²) in [6.45, 7) is 20.9. The van der Waals surface area contributed by atoms with E-state index in [-0.39, 0.29) is 6.61 Å². The normalized spacial score (nSPS) is 28.4. The van der Waals surface area contributed by atoms with E-state index in [2.05, 4.69) is 39.3 Å². The van der Waals surface area contributed by atoms with Gasteiger partial charge in [-0.15, -0.1) is 0 Å². The van der Waals surface area contributed by atoms with Crippen LogP contribution in [-0.2, 0) is 32.4 Å². The zero-order valence-corrected chi connectivity index (χ0v) is 25.3. The van der Waals surface area contributed by atoms with Gasteiger partial charge in [0.1, 0.15) is 11.9 Å². The van der Waals surface area contributed by atoms with Crippen LogP contribution in [0.2, 0.25) is 39.3 Å². The molecule has 194 valence electrons. The monoisotopic (exact) mass is 530 g/mol. The topological polar surface area (TPSA) is 72.5 Å². The maximum atomic E-state index is 15.7. The Morgan fingerprint density at radius 2 is 1.47 bits per heavy atom. The molecule has 1 aromatic carbocycles. The van der Waals surface area contributed by atoms with E-state index in [1.54, 1.807) is 0 Å². The van der Waals surface area contributed by atoms with Crippen LogP contribution in [0.1, 0.15) is 27.7 Å². The maximum absolute atomic E-state index is 15.7. The molecule has 0 radical (unpaired) electrons. The van der Waals surface area contributed by atoms with Crippen LogP contribution in [0.15, 0.2) is 30.3 Å². The van der Waals surface area contributed by atoms with E-state index in [1.807, 2.05) is 58.0 Å². The number of benzene rings is 1. The molecule has 0 spiro atoms. The minimum absolute atomic E-state index is 0.288. The Morgan fingerprint density at radius 3 is 1.91 bits per heavy atom. The van der Waals surface area contributed by atoms with Crippen molar-refractivity contribution in [3.05, 3.63) is 30.3 Å². The fourth-order valence-corrected chi connectivity index (χ4v) is 11.7. The van der Waals surface area contributed by atoms with Crippen LogP contribution in [0, 0.1) is 0 Å². The van der Waals surface area contributed by atoms with Gasteiger partial charge in [-0.3, -0.25) is 0 Å². The molecule has 0 unspecified atom stereocenters. The van der Waals surface area contributed by atoms with Crippen molar-refractivity contribution < 1.29 is 32.4 Å². The van der Waals surface area contributed by atoms with Crippen molar-refractivity contribution in [3.63, 3.8) is 0 Å². The molecule has 1 aromatic rings. The number of hydrogen-bond acceptors (Lipinski definition) is 7. The van der Waals surface area contributed by atoms with Crippen LogP contribution in [0.5, 0.6) is 0 Å². The average molecular weight is 531 g/mol. The van der Waals surface area contributed by atoms with E-state index < -0.39 is 59.2 Å². The average Bonchev–Trinajstić information content (AvgIpc) is 3.24. The van der Waals surface area contributed by atoms with Crippen LogP contribution < -0.4 is 5.30 Å². The Hall–Kier alpha value is -0.356. The molecule has 5 atom stereocenters. The summed E-state index contributed by atoms with van der Waals surface area (Å²) in [6.07, 6.45) is -1.30. The molecule has 0 amide bonds. The minimum atomic E-state index is -3.53. The molecule has 10 heteroatoms. The predicted octanol–water partition coefficient (Wildman–Crippen LogP) is 5.33. The van der Waals surface area contributed by atoms with Crippen LogP contribution in [0.3, 0.4) is 0 Å². The highest BCUT2D eigenvalue weighted by Gasteiger charge is 2.57. The first-order chi connectivity index (χ1) is 15.4. The summed E-state index contributed by atoms with van der Waals surface area (Å²) in [5, 5.41) is 0.673. The molecular weight excluding hydrogens is 487 g/mol. The van der Waals surface area contributed by atoms with Gasteiger partial charge in [0.05, 0.1) is 18.8 Å². The third-order valence-corrected chi connectivity index (χ3v) is 11.2. The maximum Gasteiger partial charge on any atom is 0.190 e. The second-order valence-corrected chi connectivity index (χ2v) is 24.1. The number of rotatable bonds is 9. The van der Waals surface area contributed by atoms with E-state index in [1.165, 1.54) is 0 Å². The highest BCUT2D eigenvalue weighted by molar-refractivity contribution is 7.72. The first-order valence-electron chi connectivity index (χ1n) is 12.0. The molecule has 3 rings (SSSR count). The Balaban J connectivity index is 2.20. The summed E-state index contributed by atoms with van der Waals surface area (Å²) in [4.78, 5) is 0. The highest BCUT2D eigenvalue weighted by Crippen LogP contribution is 2.61. The largest absolute Gasteiger partial charge is 0.405 e. The van der Waals surface area contributed by atoms with Crippen molar-refractivity contribution in [3.8, 4) is 0 Å². The number of hydrogen-bond donors (Lipinski definition) is 0. The van der Waals surface area contributed by atoms with Crippen LogP contribution >= 0.6 is 7.14 Å². The molecule has 0 saturated carbocycles. The molecule has 2 heterocycles. The van der Waals surface area contributed by atoms with Crippen LogP contribution in [-0.4, -0.2) is 65.3 Å². The Bertz CT molecular complexity index is 830. The minimum Gasteiger partial charge on any atom is -0.405 e. The standard InChI is InChI=1S/C24H43O7PSi2/c1-23(2)17-26-20(29-23)22(31-34(8,9)10)32(25,18-14-12-11-13-15-18)21(30-33(5,6)7)19-16-27-24(3,4)28-19/h11-15,19-22H,16-17H2,1-10H3/t19-,20-,21-,22+,32-/m0/s1. The van der Waals surface area contributed by atoms with Gasteiger partial charge in [0.2, 0.25) is 0 Å². The summed E-state index contributed by atoms with van der Waals surface area (Å²) < 4.78 is 53.7. The first kappa shape index (κ1) is 28.2. The van der Waals surface area contributed by atoms with Gasteiger partial charge in [-0.2, -0.15) is 0 Å². The molecule has 2 saturated heterocycles. The molecule has 0 bridgehead atoms. The zero-order valence-electron chi connectivity index (χ0n) is 22.4. The van der Waals surface area contributed by atoms with Gasteiger partial charge in [-0.1, -0.05) is 30.3 Å². The third-order valence-electron chi connectivity index (χ3n) is 5.48. The van der Waals surface area contributed by atoms with Crippen molar-refractivity contribution >= 4 is 29.1 Å². The molecule has 0 aromatic heterocycles. The van der Waals surface area contributed by atoms with Crippen molar-refractivity contribution in [1.29, 1.82) is 0 Å². The molecule has 2 aliphatic heterocycles. The Kier molecular flexibility index (Phi) is 8.16. The molecule has 2 aliphatic rings. The van der Waals surface area contributed by atoms with Crippen molar-refractivity contribution in [1.82, 2.24) is 0 Å². The quantitative estimate of drug-likeness (QED) is 0.315. The molecule has 0 aliphatic carbocycles. The summed E-state index contributed by atoms with van der Waals surface area (Å²) in [5.41, 5.74) is -0.503. The van der Waals surface area contributed by atoms with Crippen molar-refractivity contribution in [2.24, 2.45) is 0 Å². The van der Waals surface area contributed by atoms with Gasteiger partial charge < -0.3 is 32.4 Å². The summed E-state index contributed by atoms with van der Waals surface area (Å²) in [6, 6.07) is 9.50. The van der Waals surface area contributed by atoms with Gasteiger partial charge in [0.15, 0.2) is 41.7 Å². The fourth-order valence-electron chi connectivity index (χ4n) is 4.20. The van der Waals surface area contributed by atoms with E-state index in [9.17, 15) is 0 Å². The second kappa shape index (κ2) is 9.84. The van der Waals surface area contributed by atoms with Gasteiger partial charge in [0, 0.05) is 5.30 Å². The van der Waals surface area contributed by atoms with E-state index in [4.69, 9.17) is 27.8 Å². The predicted molar refractivity (Wildman–Crippen MR) is 140 cm³/mol. The molecule has 0 N–H and O–H groups in total. The molecule has 34 heavy (non-hydrogen) atoms. The highest BCUT2D eigenvalue weighted by atomic mass is 31.2. The summed E-state index contributed by atoms with van der Waals surface area (Å²) >= 11 is 0. The van der Waals surface area contributed by atoms with Gasteiger partial charge in [0.25, 0.3) is 0 Å². The van der Waals surface area contributed by atoms with Gasteiger partial charge in [-0.25, -0.2) is 0 Å². The lowest BCUT2D eigenvalue weighted by Crippen LogP contribution is -2.49. The third kappa shape index (κ3) is 6.90. The lowest BCUT2D eigenvalue weighted by atomic mass is 10.2. The van der Waals surface area contributed by atoms with Crippen LogP contribution in [0.4, 0.5) is 0 Å². The van der Waals surface area contributed by atoms with Crippen molar-refractivity contribution in [2.45, 2.75) is 102 Å². The Morgan fingerprint density at radius 1 is 0.912 bits per heavy atom. The second-order valence-electron chi connectivity index (χ2n) is 12.2. The smallest absolute Gasteiger partial charge is 0.190 e. The summed E-state index contributed by atoms with van der Waals surface area (Å²) in [7, 11) is -7.91. The Labute approximate surface area is 207 Å². The molecule has 7 nitrogen and oxygen atoms in total. The van der Waals surface area contributed by atoms with Gasteiger partial charge in [-0.05, 0) is 67.0 Å². The van der Waals surface area contributed by atoms with Gasteiger partial charge >= 0.3 is 0 Å². The summed E-state index contributed by atoms with van der Waals surface area (Å²) in [5.74, 6) is -2.39. The van der Waals surface area contributed by atoms with Crippen LogP contribution in [0.25, 0.3) is 0 Å². The zero-order chi connectivity index (χ0) is 25.6. The lowest BCUT2D eigenvalue weighted by Gasteiger charge is -2.42. The van der Waals surface area contributed by atoms with E-state index in [0.29, 0.717) is 11.9 Å². The first-order valence-corrected chi connectivity index (χ1v) is 20.7. The number of ether oxygens (including phenoxy) is 4. The van der Waals surface area contributed by atoms with E-state index >= 15 is 4.57 Å². The molecular formula is C24H43O7PSi2. The fraction of sp³-hybridized carbons (Fsp3) is 0.750. The van der Waals surface area contributed by atoms with E-state index in [0.717, 1.165) is 0 Å². The SMILES string of the molecule is CC1(C)CO[C@H]([C@H](O[Si](C)(C)C)[P@](=O)(c2ccccc2)[C@H](O[Si](C)(C)C)[C@@H]2COC(C)(C)O2)O1.